The molecule has 6 heteroatoms. The highest BCUT2D eigenvalue weighted by atomic mass is 19.1. The number of carbonyl (C=O) groups excluding carboxylic acids is 1. The maximum absolute atomic E-state index is 13.5. The molecule has 0 aliphatic carbocycles. The number of aryl methyl sites for hydroxylation is 1. The quantitative estimate of drug-likeness (QED) is 0.829. The van der Waals surface area contributed by atoms with Crippen molar-refractivity contribution in [3.8, 4) is 0 Å². The van der Waals surface area contributed by atoms with Crippen molar-refractivity contribution in [2.45, 2.75) is 32.5 Å². The first-order chi connectivity index (χ1) is 9.16. The van der Waals surface area contributed by atoms with Crippen LogP contribution >= 0.6 is 0 Å². The Kier molecular flexibility index (Phi) is 4.70. The first-order valence-electron chi connectivity index (χ1n) is 6.26. The second-order valence-electron chi connectivity index (χ2n) is 4.40. The molecule has 19 heavy (non-hydrogen) atoms. The van der Waals surface area contributed by atoms with Crippen molar-refractivity contribution >= 4 is 11.7 Å². The van der Waals surface area contributed by atoms with E-state index in [1.165, 1.54) is 6.07 Å². The number of halogens is 1. The Balaban J connectivity index is 1.83. The predicted molar refractivity (Wildman–Crippen MR) is 68.0 cm³/mol. The molecule has 1 aromatic rings. The topological polar surface area (TPSA) is 59.6 Å². The molecule has 1 fully saturated rings. The van der Waals surface area contributed by atoms with Crippen LogP contribution in [0.2, 0.25) is 0 Å². The Morgan fingerprint density at radius 2 is 2.32 bits per heavy atom. The summed E-state index contributed by atoms with van der Waals surface area (Å²) in [7, 11) is 0. The van der Waals surface area contributed by atoms with Crippen LogP contribution in [0.5, 0.6) is 0 Å². The molecule has 1 aliphatic rings. The first-order valence-corrected chi connectivity index (χ1v) is 6.26. The minimum atomic E-state index is -0.623. The minimum Gasteiger partial charge on any atom is -0.350 e. The van der Waals surface area contributed by atoms with Crippen molar-refractivity contribution in [2.75, 3.05) is 11.9 Å². The number of benzene rings is 1. The molecule has 0 spiro atoms. The monoisotopic (exact) mass is 268 g/mol. The summed E-state index contributed by atoms with van der Waals surface area (Å²) in [5, 5.41) is 2.41. The lowest BCUT2D eigenvalue weighted by Gasteiger charge is -2.22. The van der Waals surface area contributed by atoms with Crippen LogP contribution in [0.15, 0.2) is 18.2 Å². The maximum Gasteiger partial charge on any atom is 0.343 e. The molecule has 0 saturated carbocycles. The highest BCUT2D eigenvalue weighted by Crippen LogP contribution is 2.18. The van der Waals surface area contributed by atoms with Crippen molar-refractivity contribution in [1.29, 1.82) is 0 Å². The van der Waals surface area contributed by atoms with E-state index in [0.717, 1.165) is 19.3 Å². The van der Waals surface area contributed by atoms with Gasteiger partial charge in [0.2, 0.25) is 0 Å². The number of amides is 2. The molecule has 2 N–H and O–H groups in total. The average Bonchev–Trinajstić information content (AvgIpc) is 2.42. The standard InChI is InChI=1S/C13H17FN2O3/c1-9-5-4-6-10(14)12(9)15-13(17)16-19-11-7-2-3-8-18-11/h4-6,11H,2-3,7-8H2,1H3,(H2,15,16,17). The summed E-state index contributed by atoms with van der Waals surface area (Å²) in [4.78, 5) is 16.7. The highest BCUT2D eigenvalue weighted by Gasteiger charge is 2.16. The highest BCUT2D eigenvalue weighted by molar-refractivity contribution is 5.89. The van der Waals surface area contributed by atoms with E-state index in [4.69, 9.17) is 9.57 Å². The number of nitrogens with one attached hydrogen (secondary N) is 2. The number of ether oxygens (including phenoxy) is 1. The lowest BCUT2D eigenvalue weighted by Crippen LogP contribution is -2.35. The van der Waals surface area contributed by atoms with Gasteiger partial charge >= 0.3 is 6.03 Å². The van der Waals surface area contributed by atoms with Gasteiger partial charge in [0.25, 0.3) is 0 Å². The van der Waals surface area contributed by atoms with Crippen molar-refractivity contribution in [2.24, 2.45) is 0 Å². The van der Waals surface area contributed by atoms with Crippen LogP contribution in [0, 0.1) is 12.7 Å². The fourth-order valence-corrected chi connectivity index (χ4v) is 1.85. The summed E-state index contributed by atoms with van der Waals surface area (Å²) in [6, 6.07) is 3.96. The Morgan fingerprint density at radius 3 is 3.00 bits per heavy atom. The summed E-state index contributed by atoms with van der Waals surface area (Å²) >= 11 is 0. The smallest absolute Gasteiger partial charge is 0.343 e. The van der Waals surface area contributed by atoms with Gasteiger partial charge in [-0.3, -0.25) is 0 Å². The van der Waals surface area contributed by atoms with Gasteiger partial charge < -0.3 is 10.1 Å². The Hall–Kier alpha value is -1.66. The summed E-state index contributed by atoms with van der Waals surface area (Å²) in [5.74, 6) is -0.482. The van der Waals surface area contributed by atoms with E-state index >= 15 is 0 Å². The molecule has 1 unspecified atom stereocenters. The van der Waals surface area contributed by atoms with Crippen LogP contribution in [0.25, 0.3) is 0 Å². The van der Waals surface area contributed by atoms with Crippen molar-refractivity contribution < 1.29 is 18.8 Å². The van der Waals surface area contributed by atoms with E-state index in [1.807, 2.05) is 0 Å². The van der Waals surface area contributed by atoms with Crippen molar-refractivity contribution in [1.82, 2.24) is 5.48 Å². The van der Waals surface area contributed by atoms with Gasteiger partial charge in [0.05, 0.1) is 5.69 Å². The fraction of sp³-hybridized carbons (Fsp3) is 0.462. The zero-order valence-electron chi connectivity index (χ0n) is 10.7. The third-order valence-electron chi connectivity index (χ3n) is 2.88. The van der Waals surface area contributed by atoms with Gasteiger partial charge in [-0.1, -0.05) is 12.1 Å². The van der Waals surface area contributed by atoms with Gasteiger partial charge in [0, 0.05) is 13.0 Å². The van der Waals surface area contributed by atoms with Crippen molar-refractivity contribution in [3.63, 3.8) is 0 Å². The molecule has 0 bridgehead atoms. The van der Waals surface area contributed by atoms with E-state index in [9.17, 15) is 9.18 Å². The summed E-state index contributed by atoms with van der Waals surface area (Å²) in [5.41, 5.74) is 3.00. The van der Waals surface area contributed by atoms with E-state index in [2.05, 4.69) is 10.8 Å². The SMILES string of the molecule is Cc1cccc(F)c1NC(=O)NOC1CCCCO1. The summed E-state index contributed by atoms with van der Waals surface area (Å²) in [6.07, 6.45) is 2.31. The number of carbonyl (C=O) groups is 1. The number of hydroxylamine groups is 1. The van der Waals surface area contributed by atoms with Gasteiger partial charge in [-0.25, -0.2) is 19.5 Å². The van der Waals surface area contributed by atoms with Crippen molar-refractivity contribution in [3.05, 3.63) is 29.6 Å². The van der Waals surface area contributed by atoms with E-state index in [1.54, 1.807) is 19.1 Å². The number of anilines is 1. The van der Waals surface area contributed by atoms with Crippen LogP contribution in [-0.2, 0) is 9.57 Å². The molecule has 1 atom stereocenters. The van der Waals surface area contributed by atoms with E-state index in [-0.39, 0.29) is 5.69 Å². The number of rotatable bonds is 3. The van der Waals surface area contributed by atoms with Gasteiger partial charge in [-0.05, 0) is 31.4 Å². The number of para-hydroxylation sites is 1. The summed E-state index contributed by atoms with van der Waals surface area (Å²) < 4.78 is 18.8. The number of urea groups is 1. The van der Waals surface area contributed by atoms with Crippen LogP contribution in [0.1, 0.15) is 24.8 Å². The van der Waals surface area contributed by atoms with Gasteiger partial charge in [0.1, 0.15) is 5.82 Å². The second-order valence-corrected chi connectivity index (χ2v) is 4.40. The molecule has 1 saturated heterocycles. The lowest BCUT2D eigenvalue weighted by molar-refractivity contribution is -0.185. The normalized spacial score (nSPS) is 18.9. The van der Waals surface area contributed by atoms with E-state index < -0.39 is 18.1 Å². The van der Waals surface area contributed by atoms with Gasteiger partial charge in [0.15, 0.2) is 6.29 Å². The lowest BCUT2D eigenvalue weighted by atomic mass is 10.2. The molecule has 104 valence electrons. The Bertz CT molecular complexity index is 427. The summed E-state index contributed by atoms with van der Waals surface area (Å²) in [6.45, 7) is 2.34. The van der Waals surface area contributed by atoms with Crippen LogP contribution < -0.4 is 10.8 Å². The minimum absolute atomic E-state index is 0.146. The third kappa shape index (κ3) is 3.90. The van der Waals surface area contributed by atoms with Crippen LogP contribution in [0.4, 0.5) is 14.9 Å². The molecule has 2 rings (SSSR count). The Morgan fingerprint density at radius 1 is 1.47 bits per heavy atom. The predicted octanol–water partition coefficient (Wildman–Crippen LogP) is 2.71. The zero-order chi connectivity index (χ0) is 13.7. The van der Waals surface area contributed by atoms with Crippen LogP contribution in [0.3, 0.4) is 0 Å². The largest absolute Gasteiger partial charge is 0.350 e. The molecule has 1 aliphatic heterocycles. The number of hydrogen-bond donors (Lipinski definition) is 2. The molecule has 5 nitrogen and oxygen atoms in total. The zero-order valence-corrected chi connectivity index (χ0v) is 10.7. The second kappa shape index (κ2) is 6.49. The molecular weight excluding hydrogens is 251 g/mol. The average molecular weight is 268 g/mol. The molecule has 0 aromatic heterocycles. The molecule has 2 amide bonds. The molecule has 0 radical (unpaired) electrons. The molecular formula is C13H17FN2O3. The molecule has 1 heterocycles. The third-order valence-corrected chi connectivity index (χ3v) is 2.88. The fourth-order valence-electron chi connectivity index (χ4n) is 1.85. The van der Waals surface area contributed by atoms with E-state index in [0.29, 0.717) is 12.2 Å². The number of hydrogen-bond acceptors (Lipinski definition) is 3. The van der Waals surface area contributed by atoms with Gasteiger partial charge in [-0.2, -0.15) is 0 Å². The maximum atomic E-state index is 13.5. The first kappa shape index (κ1) is 13.8. The van der Waals surface area contributed by atoms with Crippen LogP contribution in [-0.4, -0.2) is 18.9 Å². The molecule has 1 aromatic carbocycles. The Labute approximate surface area is 111 Å². The van der Waals surface area contributed by atoms with Gasteiger partial charge in [-0.15, -0.1) is 0 Å².